The molecule has 2 aromatic carbocycles. The fraction of sp³-hybridized carbons (Fsp3) is 0.222. The highest BCUT2D eigenvalue weighted by atomic mass is 16.6. The number of carbonyl (C=O) groups is 2. The Morgan fingerprint density at radius 2 is 1.81 bits per heavy atom. The Balaban J connectivity index is 1.92. The number of carbonyl (C=O) groups excluding carboxylic acids is 2. The third kappa shape index (κ3) is 4.79. The molecule has 8 heteroatoms. The molecule has 0 bridgehead atoms. The highest BCUT2D eigenvalue weighted by molar-refractivity contribution is 5.95. The molecule has 0 aromatic heterocycles. The number of rotatable bonds is 6. The Hall–Kier alpha value is -3.42. The maximum Gasteiger partial charge on any atom is 0.272 e. The van der Waals surface area contributed by atoms with Gasteiger partial charge in [-0.1, -0.05) is 0 Å². The zero-order chi connectivity index (χ0) is 19.3. The topological polar surface area (TPSA) is 102 Å². The van der Waals surface area contributed by atoms with E-state index in [9.17, 15) is 19.7 Å². The number of nitrogens with zero attached hydrogens (tertiary/aromatic N) is 2. The fourth-order valence-corrected chi connectivity index (χ4v) is 2.22. The van der Waals surface area contributed by atoms with Crippen molar-refractivity contribution in [2.45, 2.75) is 6.92 Å². The van der Waals surface area contributed by atoms with Gasteiger partial charge in [0.1, 0.15) is 5.75 Å². The van der Waals surface area contributed by atoms with E-state index in [1.54, 1.807) is 45.3 Å². The molecule has 26 heavy (non-hydrogen) atoms. The minimum atomic E-state index is -0.476. The first-order valence-electron chi connectivity index (χ1n) is 7.77. The monoisotopic (exact) mass is 357 g/mol. The maximum absolute atomic E-state index is 12.0. The highest BCUT2D eigenvalue weighted by Crippen LogP contribution is 2.23. The lowest BCUT2D eigenvalue weighted by atomic mass is 10.2. The lowest BCUT2D eigenvalue weighted by Gasteiger charge is -2.11. The Kier molecular flexibility index (Phi) is 5.90. The predicted octanol–water partition coefficient (Wildman–Crippen LogP) is 2.62. The van der Waals surface area contributed by atoms with Crippen molar-refractivity contribution in [3.63, 3.8) is 0 Å². The molecule has 0 saturated carbocycles. The third-order valence-corrected chi connectivity index (χ3v) is 3.56. The van der Waals surface area contributed by atoms with Gasteiger partial charge in [-0.15, -0.1) is 0 Å². The maximum atomic E-state index is 12.0. The predicted molar refractivity (Wildman–Crippen MR) is 96.4 cm³/mol. The van der Waals surface area contributed by atoms with Crippen LogP contribution in [0.3, 0.4) is 0 Å². The van der Waals surface area contributed by atoms with Crippen molar-refractivity contribution in [1.29, 1.82) is 0 Å². The average Bonchev–Trinajstić information content (AvgIpc) is 2.59. The number of nitrogens with one attached hydrogen (secondary N) is 1. The quantitative estimate of drug-likeness (QED) is 0.632. The van der Waals surface area contributed by atoms with Gasteiger partial charge in [-0.05, 0) is 43.3 Å². The first-order chi connectivity index (χ1) is 12.3. The standard InChI is InChI=1S/C18H19N3O5/c1-12-10-15(8-9-16(12)21(24)25)26-11-17(22)19-14-6-4-13(5-7-14)18(23)20(2)3/h4-10H,11H2,1-3H3,(H,19,22). The molecular weight excluding hydrogens is 338 g/mol. The summed E-state index contributed by atoms with van der Waals surface area (Å²) in [6, 6.07) is 10.8. The van der Waals surface area contributed by atoms with Crippen molar-refractivity contribution in [3.8, 4) is 5.75 Å². The molecule has 8 nitrogen and oxygen atoms in total. The summed E-state index contributed by atoms with van der Waals surface area (Å²) in [4.78, 5) is 35.5. The van der Waals surface area contributed by atoms with E-state index in [4.69, 9.17) is 4.74 Å². The van der Waals surface area contributed by atoms with Crippen LogP contribution < -0.4 is 10.1 Å². The molecule has 0 saturated heterocycles. The Labute approximate surface area is 150 Å². The number of nitro groups is 1. The van der Waals surface area contributed by atoms with Crippen LogP contribution in [0.5, 0.6) is 5.75 Å². The largest absolute Gasteiger partial charge is 0.484 e. The Morgan fingerprint density at radius 3 is 2.35 bits per heavy atom. The summed E-state index contributed by atoms with van der Waals surface area (Å²) < 4.78 is 5.35. The molecule has 0 radical (unpaired) electrons. The summed E-state index contributed by atoms with van der Waals surface area (Å²) in [6.07, 6.45) is 0. The van der Waals surface area contributed by atoms with Crippen LogP contribution in [-0.4, -0.2) is 42.3 Å². The van der Waals surface area contributed by atoms with Gasteiger partial charge in [0.05, 0.1) is 4.92 Å². The number of nitro benzene ring substituents is 1. The molecule has 2 aromatic rings. The second kappa shape index (κ2) is 8.11. The molecule has 2 amide bonds. The van der Waals surface area contributed by atoms with Gasteiger partial charge in [0, 0.05) is 37.0 Å². The van der Waals surface area contributed by atoms with Gasteiger partial charge in [0.2, 0.25) is 0 Å². The molecule has 0 heterocycles. The van der Waals surface area contributed by atoms with Crippen LogP contribution in [-0.2, 0) is 4.79 Å². The molecule has 136 valence electrons. The number of amides is 2. The molecule has 0 aliphatic heterocycles. The van der Waals surface area contributed by atoms with Gasteiger partial charge < -0.3 is 15.0 Å². The van der Waals surface area contributed by atoms with E-state index in [2.05, 4.69) is 5.32 Å². The number of benzene rings is 2. The van der Waals surface area contributed by atoms with Gasteiger partial charge in [0.25, 0.3) is 17.5 Å². The van der Waals surface area contributed by atoms with Crippen LogP contribution in [0.1, 0.15) is 15.9 Å². The number of hydrogen-bond donors (Lipinski definition) is 1. The van der Waals surface area contributed by atoms with Crippen LogP contribution in [0, 0.1) is 17.0 Å². The normalized spacial score (nSPS) is 10.1. The minimum absolute atomic E-state index is 0.00541. The van der Waals surface area contributed by atoms with E-state index in [-0.39, 0.29) is 24.1 Å². The highest BCUT2D eigenvalue weighted by Gasteiger charge is 2.12. The van der Waals surface area contributed by atoms with Crippen molar-refractivity contribution in [1.82, 2.24) is 4.90 Å². The molecule has 2 rings (SSSR count). The van der Waals surface area contributed by atoms with Crippen LogP contribution in [0.4, 0.5) is 11.4 Å². The molecule has 0 aliphatic carbocycles. The molecular formula is C18H19N3O5. The summed E-state index contributed by atoms with van der Waals surface area (Å²) in [5, 5.41) is 13.4. The third-order valence-electron chi connectivity index (χ3n) is 3.56. The number of hydrogen-bond acceptors (Lipinski definition) is 5. The first-order valence-corrected chi connectivity index (χ1v) is 7.77. The summed E-state index contributed by atoms with van der Waals surface area (Å²) >= 11 is 0. The summed E-state index contributed by atoms with van der Waals surface area (Å²) in [7, 11) is 3.32. The van der Waals surface area contributed by atoms with E-state index in [0.717, 1.165) is 0 Å². The Morgan fingerprint density at radius 1 is 1.15 bits per heavy atom. The summed E-state index contributed by atoms with van der Waals surface area (Å²) in [5.74, 6) is -0.136. The number of aryl methyl sites for hydroxylation is 1. The van der Waals surface area contributed by atoms with Gasteiger partial charge >= 0.3 is 0 Å². The van der Waals surface area contributed by atoms with E-state index in [1.807, 2.05) is 0 Å². The van der Waals surface area contributed by atoms with E-state index >= 15 is 0 Å². The van der Waals surface area contributed by atoms with Crippen molar-refractivity contribution in [3.05, 3.63) is 63.7 Å². The van der Waals surface area contributed by atoms with Gasteiger partial charge in [0.15, 0.2) is 6.61 Å². The van der Waals surface area contributed by atoms with Crippen LogP contribution in [0.25, 0.3) is 0 Å². The van der Waals surface area contributed by atoms with E-state index in [0.29, 0.717) is 22.6 Å². The molecule has 0 fully saturated rings. The molecule has 0 aliphatic rings. The minimum Gasteiger partial charge on any atom is -0.484 e. The van der Waals surface area contributed by atoms with Crippen molar-refractivity contribution in [2.24, 2.45) is 0 Å². The summed E-state index contributed by atoms with van der Waals surface area (Å²) in [6.45, 7) is 1.36. The van der Waals surface area contributed by atoms with Crippen LogP contribution in [0.15, 0.2) is 42.5 Å². The first kappa shape index (κ1) is 18.9. The average molecular weight is 357 g/mol. The van der Waals surface area contributed by atoms with E-state index < -0.39 is 4.92 Å². The second-order valence-electron chi connectivity index (χ2n) is 5.82. The molecule has 0 atom stereocenters. The van der Waals surface area contributed by atoms with Crippen molar-refractivity contribution < 1.29 is 19.2 Å². The fourth-order valence-electron chi connectivity index (χ4n) is 2.22. The molecule has 0 unspecified atom stereocenters. The molecule has 0 spiro atoms. The zero-order valence-electron chi connectivity index (χ0n) is 14.7. The van der Waals surface area contributed by atoms with E-state index in [1.165, 1.54) is 23.1 Å². The lowest BCUT2D eigenvalue weighted by molar-refractivity contribution is -0.385. The van der Waals surface area contributed by atoms with Crippen LogP contribution in [0.2, 0.25) is 0 Å². The number of anilines is 1. The Bertz CT molecular complexity index is 831. The van der Waals surface area contributed by atoms with Crippen molar-refractivity contribution in [2.75, 3.05) is 26.0 Å². The van der Waals surface area contributed by atoms with Gasteiger partial charge in [-0.3, -0.25) is 19.7 Å². The van der Waals surface area contributed by atoms with Gasteiger partial charge in [-0.2, -0.15) is 0 Å². The summed E-state index contributed by atoms with van der Waals surface area (Å²) in [5.41, 5.74) is 1.50. The lowest BCUT2D eigenvalue weighted by Crippen LogP contribution is -2.22. The number of ether oxygens (including phenoxy) is 1. The van der Waals surface area contributed by atoms with Crippen molar-refractivity contribution >= 4 is 23.2 Å². The zero-order valence-corrected chi connectivity index (χ0v) is 14.7. The smallest absolute Gasteiger partial charge is 0.272 e. The second-order valence-corrected chi connectivity index (χ2v) is 5.82. The van der Waals surface area contributed by atoms with Gasteiger partial charge in [-0.25, -0.2) is 0 Å². The molecule has 1 N–H and O–H groups in total. The van der Waals surface area contributed by atoms with Crippen LogP contribution >= 0.6 is 0 Å². The SMILES string of the molecule is Cc1cc(OCC(=O)Nc2ccc(C(=O)N(C)C)cc2)ccc1[N+](=O)[O-].